The normalized spacial score (nSPS) is 27.7. The molecule has 1 aromatic rings. The zero-order valence-corrected chi connectivity index (χ0v) is 20.8. The summed E-state index contributed by atoms with van der Waals surface area (Å²) in [4.78, 5) is 46.1. The molecule has 184 valence electrons. The molecule has 1 aliphatic heterocycles. The Morgan fingerprint density at radius 3 is 2.47 bits per heavy atom. The lowest BCUT2D eigenvalue weighted by Gasteiger charge is -2.32. The predicted octanol–water partition coefficient (Wildman–Crippen LogP) is 1.02. The van der Waals surface area contributed by atoms with E-state index in [2.05, 4.69) is 9.51 Å². The van der Waals surface area contributed by atoms with Gasteiger partial charge in [-0.1, -0.05) is 6.92 Å². The molecule has 0 aromatic carbocycles. The van der Waals surface area contributed by atoms with Crippen molar-refractivity contribution in [1.82, 2.24) is 9.55 Å². The van der Waals surface area contributed by atoms with Crippen molar-refractivity contribution in [2.75, 3.05) is 20.6 Å². The first-order chi connectivity index (χ1) is 14.7. The standard InChI is InChI=1S/C16H28N2O11P2S/c1-6-16(2,3)29-31(23,32)28-12-11(24-4)13(18-8-7-10(19)17-15(18)20)27-14(12)26-9-30(21,22)25-5/h7-8,11-14H,6,9H2,1-5H3,(H,21,22)(H,23,32)(H,17,19,20)/t11-,12+,13-,14+,31?/m1/s1. The highest BCUT2D eigenvalue weighted by atomic mass is 32.5. The van der Waals surface area contributed by atoms with Gasteiger partial charge in [-0.05, 0) is 32.1 Å². The Labute approximate surface area is 189 Å². The van der Waals surface area contributed by atoms with Gasteiger partial charge in [-0.25, -0.2) is 4.79 Å². The Morgan fingerprint density at radius 2 is 1.94 bits per heavy atom. The predicted molar refractivity (Wildman–Crippen MR) is 116 cm³/mol. The van der Waals surface area contributed by atoms with E-state index in [1.165, 1.54) is 13.3 Å². The fourth-order valence-electron chi connectivity index (χ4n) is 2.73. The average molecular weight is 518 g/mol. The number of nitrogens with one attached hydrogen (secondary N) is 1. The van der Waals surface area contributed by atoms with E-state index in [-0.39, 0.29) is 0 Å². The molecule has 1 saturated heterocycles. The van der Waals surface area contributed by atoms with Gasteiger partial charge in [0, 0.05) is 26.5 Å². The van der Waals surface area contributed by atoms with E-state index < -0.39 is 62.2 Å². The Balaban J connectivity index is 2.39. The van der Waals surface area contributed by atoms with E-state index in [1.807, 2.05) is 6.92 Å². The Morgan fingerprint density at radius 1 is 1.28 bits per heavy atom. The summed E-state index contributed by atoms with van der Waals surface area (Å²) < 4.78 is 45.1. The number of hydrogen-bond donors (Lipinski definition) is 3. The zero-order valence-electron chi connectivity index (χ0n) is 18.2. The zero-order chi connectivity index (χ0) is 24.3. The molecule has 0 saturated carbocycles. The lowest BCUT2D eigenvalue weighted by molar-refractivity contribution is -0.167. The maximum atomic E-state index is 12.3. The fourth-order valence-corrected chi connectivity index (χ4v) is 5.40. The van der Waals surface area contributed by atoms with Crippen LogP contribution in [-0.4, -0.2) is 64.0 Å². The van der Waals surface area contributed by atoms with Gasteiger partial charge >= 0.3 is 20.0 Å². The summed E-state index contributed by atoms with van der Waals surface area (Å²) in [5.74, 6) is 0. The quantitative estimate of drug-likeness (QED) is 0.356. The minimum absolute atomic E-state index is 0.515. The number of aromatic nitrogens is 2. The van der Waals surface area contributed by atoms with Gasteiger partial charge in [-0.2, -0.15) is 0 Å². The third-order valence-corrected chi connectivity index (χ3v) is 7.46. The van der Waals surface area contributed by atoms with Crippen molar-refractivity contribution >= 4 is 26.1 Å². The van der Waals surface area contributed by atoms with Crippen molar-refractivity contribution < 1.29 is 42.1 Å². The summed E-state index contributed by atoms with van der Waals surface area (Å²) in [5, 5.41) is 0. The molecule has 16 heteroatoms. The van der Waals surface area contributed by atoms with Crippen molar-refractivity contribution in [1.29, 1.82) is 0 Å². The first-order valence-electron chi connectivity index (χ1n) is 9.45. The van der Waals surface area contributed by atoms with Crippen molar-refractivity contribution in [3.63, 3.8) is 0 Å². The largest absolute Gasteiger partial charge is 0.374 e. The Hall–Kier alpha value is -0.760. The second kappa shape index (κ2) is 10.7. The number of H-pyrrole nitrogens is 1. The molecule has 0 spiro atoms. The summed E-state index contributed by atoms with van der Waals surface area (Å²) in [6, 6.07) is 1.09. The van der Waals surface area contributed by atoms with Crippen LogP contribution in [0.2, 0.25) is 0 Å². The van der Waals surface area contributed by atoms with Crippen LogP contribution < -0.4 is 11.2 Å². The molecule has 0 aliphatic carbocycles. The molecule has 1 fully saturated rings. The highest BCUT2D eigenvalue weighted by molar-refractivity contribution is 8.07. The van der Waals surface area contributed by atoms with Gasteiger partial charge in [0.15, 0.2) is 18.9 Å². The molecule has 0 radical (unpaired) electrons. The van der Waals surface area contributed by atoms with Crippen LogP contribution in [0, 0.1) is 0 Å². The second-order valence-electron chi connectivity index (χ2n) is 7.47. The highest BCUT2D eigenvalue weighted by Crippen LogP contribution is 2.53. The molecule has 32 heavy (non-hydrogen) atoms. The van der Waals surface area contributed by atoms with Gasteiger partial charge in [0.05, 0.1) is 5.60 Å². The van der Waals surface area contributed by atoms with Crippen molar-refractivity contribution in [2.45, 2.75) is 57.5 Å². The number of rotatable bonds is 11. The van der Waals surface area contributed by atoms with Crippen LogP contribution in [0.25, 0.3) is 0 Å². The van der Waals surface area contributed by atoms with E-state index >= 15 is 0 Å². The van der Waals surface area contributed by atoms with E-state index in [1.54, 1.807) is 13.8 Å². The second-order valence-corrected chi connectivity index (χ2v) is 12.1. The van der Waals surface area contributed by atoms with Crippen LogP contribution in [-0.2, 0) is 44.2 Å². The molecular formula is C16H28N2O11P2S. The van der Waals surface area contributed by atoms with E-state index in [4.69, 9.17) is 35.1 Å². The minimum Gasteiger partial charge on any atom is -0.374 e. The fraction of sp³-hybridized carbons (Fsp3) is 0.750. The average Bonchev–Trinajstić information content (AvgIpc) is 3.02. The molecule has 1 aliphatic rings. The number of nitrogens with zero attached hydrogens (tertiary/aromatic N) is 1. The molecule has 3 N–H and O–H groups in total. The summed E-state index contributed by atoms with van der Waals surface area (Å²) >= 11 is 5.14. The first-order valence-corrected chi connectivity index (χ1v) is 13.8. The van der Waals surface area contributed by atoms with Crippen LogP contribution in [0.1, 0.15) is 33.4 Å². The SMILES string of the molecule is CCC(C)(C)OP(O)(=S)O[C@@H]1[C@@H](OCP(=O)(O)OC)O[C@@H](n2ccc(=O)[nH]c2=O)[C@@H]1OC. The van der Waals surface area contributed by atoms with E-state index in [0.717, 1.165) is 17.7 Å². The number of ether oxygens (including phenoxy) is 3. The van der Waals surface area contributed by atoms with Crippen molar-refractivity contribution in [2.24, 2.45) is 0 Å². The lowest BCUT2D eigenvalue weighted by atomic mass is 10.1. The lowest BCUT2D eigenvalue weighted by Crippen LogP contribution is -2.40. The van der Waals surface area contributed by atoms with Crippen LogP contribution in [0.15, 0.2) is 21.9 Å². The maximum Gasteiger partial charge on any atom is 0.353 e. The first kappa shape index (κ1) is 27.5. The van der Waals surface area contributed by atoms with Gasteiger partial charge in [-0.15, -0.1) is 0 Å². The number of aromatic amines is 1. The van der Waals surface area contributed by atoms with Gasteiger partial charge in [0.25, 0.3) is 5.56 Å². The monoisotopic (exact) mass is 518 g/mol. The van der Waals surface area contributed by atoms with E-state index in [0.29, 0.717) is 6.42 Å². The summed E-state index contributed by atoms with van der Waals surface area (Å²) in [6.45, 7) is 1.37. The van der Waals surface area contributed by atoms with Gasteiger partial charge < -0.3 is 33.0 Å². The minimum atomic E-state index is -4.10. The summed E-state index contributed by atoms with van der Waals surface area (Å²) in [7, 11) is -1.78. The van der Waals surface area contributed by atoms with E-state index in [9.17, 15) is 23.9 Å². The molecule has 2 unspecified atom stereocenters. The highest BCUT2D eigenvalue weighted by Gasteiger charge is 2.51. The number of methoxy groups -OCH3 is 1. The summed E-state index contributed by atoms with van der Waals surface area (Å²) in [5.41, 5.74) is -2.24. The maximum absolute atomic E-state index is 12.3. The number of hydrogen-bond acceptors (Lipinski definition) is 10. The summed E-state index contributed by atoms with van der Waals surface area (Å²) in [6.07, 6.45) is -4.07. The molecule has 0 amide bonds. The van der Waals surface area contributed by atoms with Gasteiger partial charge in [0.1, 0.15) is 12.2 Å². The molecule has 6 atom stereocenters. The third kappa shape index (κ3) is 7.12. The van der Waals surface area contributed by atoms with Crippen LogP contribution in [0.3, 0.4) is 0 Å². The van der Waals surface area contributed by atoms with Crippen LogP contribution >= 0.6 is 14.3 Å². The molecule has 0 bridgehead atoms. The molecular weight excluding hydrogens is 490 g/mol. The van der Waals surface area contributed by atoms with Gasteiger partial charge in [0.2, 0.25) is 0 Å². The molecule has 13 nitrogen and oxygen atoms in total. The topological polar surface area (TPSA) is 168 Å². The third-order valence-electron chi connectivity index (χ3n) is 4.70. The van der Waals surface area contributed by atoms with Crippen LogP contribution in [0.4, 0.5) is 0 Å². The van der Waals surface area contributed by atoms with Crippen LogP contribution in [0.5, 0.6) is 0 Å². The van der Waals surface area contributed by atoms with Crippen molar-refractivity contribution in [3.05, 3.63) is 33.1 Å². The molecule has 2 heterocycles. The van der Waals surface area contributed by atoms with Crippen molar-refractivity contribution in [3.8, 4) is 0 Å². The Kier molecular flexibility index (Phi) is 9.16. The smallest absolute Gasteiger partial charge is 0.353 e. The molecule has 1 aromatic heterocycles. The Bertz CT molecular complexity index is 997. The molecule has 2 rings (SSSR count). The van der Waals surface area contributed by atoms with Gasteiger partial charge in [-0.3, -0.25) is 23.4 Å².